The van der Waals surface area contributed by atoms with Crippen LogP contribution in [0.15, 0.2) is 98.1 Å². The van der Waals surface area contributed by atoms with E-state index in [9.17, 15) is 24.3 Å². The highest BCUT2D eigenvalue weighted by molar-refractivity contribution is 5.99. The number of aliphatic hydroxyl groups is 1. The highest BCUT2D eigenvalue weighted by Crippen LogP contribution is 2.23. The van der Waals surface area contributed by atoms with E-state index in [0.29, 0.717) is 31.5 Å². The molecule has 0 spiro atoms. The van der Waals surface area contributed by atoms with Gasteiger partial charge in [-0.2, -0.15) is 0 Å². The molecular weight excluding hydrogens is 606 g/mol. The van der Waals surface area contributed by atoms with Gasteiger partial charge in [-0.1, -0.05) is 72.8 Å². The zero-order chi connectivity index (χ0) is 34.3. The molecule has 3 amide bonds. The number of fused-ring (bicyclic) bond motifs is 1. The van der Waals surface area contributed by atoms with Gasteiger partial charge in [0.15, 0.2) is 0 Å². The summed E-state index contributed by atoms with van der Waals surface area (Å²) in [7, 11) is 0. The number of likely N-dealkylation sites (tertiary alicyclic amines) is 1. The van der Waals surface area contributed by atoms with E-state index in [4.69, 9.17) is 4.74 Å². The fraction of sp³-hybridized carbons (Fsp3) is 0.385. The van der Waals surface area contributed by atoms with Gasteiger partial charge < -0.3 is 25.4 Å². The summed E-state index contributed by atoms with van der Waals surface area (Å²) in [5, 5.41) is 17.3. The minimum Gasteiger partial charge on any atom is -0.463 e. The van der Waals surface area contributed by atoms with E-state index in [2.05, 4.69) is 23.8 Å². The van der Waals surface area contributed by atoms with Crippen LogP contribution < -0.4 is 10.6 Å². The van der Waals surface area contributed by atoms with Gasteiger partial charge in [-0.15, -0.1) is 13.2 Å². The van der Waals surface area contributed by atoms with E-state index in [1.807, 2.05) is 72.8 Å². The van der Waals surface area contributed by atoms with E-state index >= 15 is 0 Å². The molecule has 1 saturated heterocycles. The molecule has 3 N–H and O–H groups in total. The number of ether oxygens (including phenoxy) is 1. The third kappa shape index (κ3) is 10.4. The Bertz CT molecular complexity index is 1560. The number of aliphatic hydroxyl groups excluding tert-OH is 1. The second-order valence-electron chi connectivity index (χ2n) is 12.3. The lowest BCUT2D eigenvalue weighted by atomic mass is 9.94. The Labute approximate surface area is 283 Å². The summed E-state index contributed by atoms with van der Waals surface area (Å²) >= 11 is 0. The molecule has 4 atom stereocenters. The maximum atomic E-state index is 13.7. The highest BCUT2D eigenvalue weighted by Gasteiger charge is 2.33. The average Bonchev–Trinajstić information content (AvgIpc) is 3.59. The van der Waals surface area contributed by atoms with Crippen molar-refractivity contribution < 1.29 is 29.0 Å². The van der Waals surface area contributed by atoms with Crippen LogP contribution >= 0.6 is 0 Å². The fourth-order valence-electron chi connectivity index (χ4n) is 6.13. The van der Waals surface area contributed by atoms with Crippen molar-refractivity contribution in [2.45, 2.75) is 63.5 Å². The highest BCUT2D eigenvalue weighted by atomic mass is 16.5. The first kappa shape index (κ1) is 36.1. The van der Waals surface area contributed by atoms with E-state index < -0.39 is 35.7 Å². The van der Waals surface area contributed by atoms with Crippen molar-refractivity contribution in [3.63, 3.8) is 0 Å². The molecule has 1 heterocycles. The van der Waals surface area contributed by atoms with Crippen molar-refractivity contribution in [1.29, 1.82) is 0 Å². The topological polar surface area (TPSA) is 125 Å². The van der Waals surface area contributed by atoms with Gasteiger partial charge in [-0.25, -0.2) is 0 Å². The molecule has 0 bridgehead atoms. The number of hydrogen-bond acceptors (Lipinski definition) is 6. The second kappa shape index (κ2) is 18.5. The molecule has 0 aliphatic carbocycles. The molecule has 1 aliphatic heterocycles. The average molecular weight is 654 g/mol. The smallest absolute Gasteiger partial charge is 0.309 e. The first-order chi connectivity index (χ1) is 23.3. The molecule has 1 aliphatic rings. The van der Waals surface area contributed by atoms with Gasteiger partial charge in [-0.05, 0) is 73.4 Å². The van der Waals surface area contributed by atoms with Crippen LogP contribution in [-0.4, -0.2) is 65.5 Å². The van der Waals surface area contributed by atoms with E-state index in [1.165, 1.54) is 0 Å². The number of carbonyl (C=O) groups excluding carboxylic acids is 4. The van der Waals surface area contributed by atoms with Crippen molar-refractivity contribution in [3.05, 3.63) is 104 Å². The Kier molecular flexibility index (Phi) is 13.9. The van der Waals surface area contributed by atoms with Gasteiger partial charge >= 0.3 is 5.97 Å². The first-order valence-electron chi connectivity index (χ1n) is 16.8. The van der Waals surface area contributed by atoms with Crippen LogP contribution in [-0.2, 0) is 30.3 Å². The number of anilines is 1. The molecule has 0 unspecified atom stereocenters. The zero-order valence-electron chi connectivity index (χ0n) is 27.5. The lowest BCUT2D eigenvalue weighted by Gasteiger charge is -2.26. The Hall–Kier alpha value is -4.76. The molecule has 4 rings (SSSR count). The summed E-state index contributed by atoms with van der Waals surface area (Å²) in [6, 6.07) is 21.4. The van der Waals surface area contributed by atoms with Gasteiger partial charge in [0, 0.05) is 18.7 Å². The van der Waals surface area contributed by atoms with Crippen molar-refractivity contribution in [2.75, 3.05) is 25.1 Å². The number of esters is 1. The van der Waals surface area contributed by atoms with Crippen LogP contribution in [0, 0.1) is 11.8 Å². The quantitative estimate of drug-likeness (QED) is 0.0935. The summed E-state index contributed by atoms with van der Waals surface area (Å²) in [4.78, 5) is 55.6. The molecule has 9 heteroatoms. The first-order valence-corrected chi connectivity index (χ1v) is 16.8. The minimum atomic E-state index is -1.22. The molecule has 1 fully saturated rings. The molecule has 0 radical (unpaired) electrons. The number of nitrogens with zero attached hydrogens (tertiary/aromatic N) is 1. The standard InChI is InChI=1S/C39H47N3O6/c1-3-5-7-18-32(23-28-14-8-6-9-15-28)39(47)48-27-35(38(46)40-33-21-20-29-16-10-11-17-30(29)24-33)41-37(45)31(13-4-2)25-36(44)42-22-12-19-34(42)26-43/h3-4,6,8-11,14-17,20-21,24,31-32,34-35,43H,1-2,5,7,12-13,18-19,22-23,25-27H2,(H,40,46)(H,41,45)/t31-,32-,34+,35+/m1/s1. The molecule has 48 heavy (non-hydrogen) atoms. The summed E-state index contributed by atoms with van der Waals surface area (Å²) in [6.45, 7) is 7.54. The molecule has 3 aromatic rings. The van der Waals surface area contributed by atoms with Crippen LogP contribution in [0.2, 0.25) is 0 Å². The number of rotatable bonds is 18. The predicted molar refractivity (Wildman–Crippen MR) is 188 cm³/mol. The lowest BCUT2D eigenvalue weighted by molar-refractivity contribution is -0.151. The van der Waals surface area contributed by atoms with E-state index in [1.54, 1.807) is 17.0 Å². The normalized spacial score (nSPS) is 16.0. The predicted octanol–water partition coefficient (Wildman–Crippen LogP) is 5.59. The number of nitrogens with one attached hydrogen (secondary N) is 2. The van der Waals surface area contributed by atoms with Gasteiger partial charge in [0.05, 0.1) is 24.5 Å². The van der Waals surface area contributed by atoms with Gasteiger partial charge in [-0.3, -0.25) is 19.2 Å². The van der Waals surface area contributed by atoms with Crippen LogP contribution in [0.3, 0.4) is 0 Å². The molecule has 3 aromatic carbocycles. The number of carbonyl (C=O) groups is 4. The Morgan fingerprint density at radius 1 is 0.938 bits per heavy atom. The van der Waals surface area contributed by atoms with Crippen molar-refractivity contribution in [2.24, 2.45) is 11.8 Å². The Balaban J connectivity index is 1.51. The summed E-state index contributed by atoms with van der Waals surface area (Å²) in [6.07, 6.45) is 7.54. The fourth-order valence-corrected chi connectivity index (χ4v) is 6.13. The summed E-state index contributed by atoms with van der Waals surface area (Å²) in [5.41, 5.74) is 1.52. The molecule has 0 aromatic heterocycles. The van der Waals surface area contributed by atoms with Crippen LogP contribution in [0.4, 0.5) is 5.69 Å². The minimum absolute atomic E-state index is 0.102. The van der Waals surface area contributed by atoms with Gasteiger partial charge in [0.1, 0.15) is 12.6 Å². The number of hydrogen-bond donors (Lipinski definition) is 3. The van der Waals surface area contributed by atoms with Crippen LogP contribution in [0.1, 0.15) is 50.5 Å². The molecular formula is C39H47N3O6. The summed E-state index contributed by atoms with van der Waals surface area (Å²) < 4.78 is 5.77. The maximum absolute atomic E-state index is 13.7. The zero-order valence-corrected chi connectivity index (χ0v) is 27.5. The monoisotopic (exact) mass is 653 g/mol. The van der Waals surface area contributed by atoms with E-state index in [-0.39, 0.29) is 38.0 Å². The lowest BCUT2D eigenvalue weighted by Crippen LogP contribution is -2.50. The van der Waals surface area contributed by atoms with Crippen molar-refractivity contribution in [3.8, 4) is 0 Å². The number of unbranched alkanes of at least 4 members (excludes halogenated alkanes) is 1. The van der Waals surface area contributed by atoms with Crippen molar-refractivity contribution in [1.82, 2.24) is 10.2 Å². The largest absolute Gasteiger partial charge is 0.463 e. The summed E-state index contributed by atoms with van der Waals surface area (Å²) in [5.74, 6) is -3.02. The van der Waals surface area contributed by atoms with Crippen LogP contribution in [0.5, 0.6) is 0 Å². The number of allylic oxidation sites excluding steroid dienone is 2. The third-order valence-electron chi connectivity index (χ3n) is 8.81. The van der Waals surface area contributed by atoms with Gasteiger partial charge in [0.2, 0.25) is 11.8 Å². The maximum Gasteiger partial charge on any atom is 0.309 e. The third-order valence-corrected chi connectivity index (χ3v) is 8.81. The van der Waals surface area contributed by atoms with Crippen molar-refractivity contribution >= 4 is 40.2 Å². The van der Waals surface area contributed by atoms with Crippen LogP contribution in [0.25, 0.3) is 10.8 Å². The second-order valence-corrected chi connectivity index (χ2v) is 12.3. The Morgan fingerprint density at radius 2 is 1.69 bits per heavy atom. The number of amides is 3. The number of benzene rings is 3. The SMILES string of the molecule is C=CCCC[C@H](Cc1ccccc1)C(=O)OC[C@H](NC(=O)[C@H](CC=C)CC(=O)N1CCC[C@H]1CO)C(=O)Nc1ccc2ccccc2c1. The molecule has 254 valence electrons. The van der Waals surface area contributed by atoms with E-state index in [0.717, 1.165) is 35.6 Å². The Morgan fingerprint density at radius 3 is 2.42 bits per heavy atom. The van der Waals surface area contributed by atoms with Gasteiger partial charge in [0.25, 0.3) is 5.91 Å². The molecule has 9 nitrogen and oxygen atoms in total. The molecule has 0 saturated carbocycles.